The van der Waals surface area contributed by atoms with E-state index in [-0.39, 0.29) is 5.92 Å². The van der Waals surface area contributed by atoms with Crippen molar-refractivity contribution >= 4 is 11.8 Å². The molecular weight excluding hydrogens is 180 g/mol. The van der Waals surface area contributed by atoms with Gasteiger partial charge >= 0.3 is 0 Å². The topological polar surface area (TPSA) is 69.9 Å². The maximum atomic E-state index is 9.44. The highest BCUT2D eigenvalue weighted by atomic mass is 32.2. The van der Waals surface area contributed by atoms with Gasteiger partial charge in [-0.1, -0.05) is 0 Å². The lowest BCUT2D eigenvalue weighted by Crippen LogP contribution is -2.40. The quantitative estimate of drug-likeness (QED) is 0.540. The predicted octanol–water partition coefficient (Wildman–Crippen LogP) is -0.962. The second-order valence-electron chi connectivity index (χ2n) is 2.86. The summed E-state index contributed by atoms with van der Waals surface area (Å²) >= 11 is 1.58. The van der Waals surface area contributed by atoms with Gasteiger partial charge in [-0.2, -0.15) is 0 Å². The Morgan fingerprint density at radius 1 is 1.50 bits per heavy atom. The molecule has 0 radical (unpaired) electrons. The molecule has 0 aromatic carbocycles. The van der Waals surface area contributed by atoms with Crippen LogP contribution >= 0.6 is 11.8 Å². The summed E-state index contributed by atoms with van der Waals surface area (Å²) in [5.74, 6) is 1.36. The maximum absolute atomic E-state index is 9.44. The molecule has 5 heteroatoms. The lowest BCUT2D eigenvalue weighted by molar-refractivity contribution is -0.0560. The van der Waals surface area contributed by atoms with Crippen LogP contribution in [0.1, 0.15) is 0 Å². The van der Waals surface area contributed by atoms with E-state index in [0.29, 0.717) is 12.5 Å². The highest BCUT2D eigenvalue weighted by Gasteiger charge is 2.27. The van der Waals surface area contributed by atoms with Crippen LogP contribution in [0.15, 0.2) is 0 Å². The molecule has 3 N–H and O–H groups in total. The number of ether oxygens (including phenoxy) is 1. The molecule has 1 aliphatic heterocycles. The number of aliphatic hydroxyl groups excluding tert-OH is 3. The Hall–Kier alpha value is 0.190. The number of thioether (sulfide) groups is 1. The molecule has 4 nitrogen and oxygen atoms in total. The third-order valence-corrected chi connectivity index (χ3v) is 2.89. The van der Waals surface area contributed by atoms with Crippen molar-refractivity contribution in [2.45, 2.75) is 12.2 Å². The third kappa shape index (κ3) is 2.60. The normalized spacial score (nSPS) is 29.8. The van der Waals surface area contributed by atoms with Crippen LogP contribution in [0.3, 0.4) is 0 Å². The standard InChI is InChI=1S/C7H14O4S/c8-1-6(9)7(10)5-2-11-4-12-3-5/h5-10H,1-4H2. The Bertz CT molecular complexity index is 127. The van der Waals surface area contributed by atoms with Gasteiger partial charge in [0, 0.05) is 11.7 Å². The number of hydrogen-bond donors (Lipinski definition) is 3. The van der Waals surface area contributed by atoms with Crippen LogP contribution in [0.2, 0.25) is 0 Å². The smallest absolute Gasteiger partial charge is 0.103 e. The first-order valence-corrected chi connectivity index (χ1v) is 5.03. The second kappa shape index (κ2) is 5.04. The summed E-state index contributed by atoms with van der Waals surface area (Å²) in [6.07, 6.45) is -1.92. The molecule has 72 valence electrons. The molecule has 0 bridgehead atoms. The fraction of sp³-hybridized carbons (Fsp3) is 1.00. The molecule has 0 aromatic heterocycles. The van der Waals surface area contributed by atoms with Crippen molar-refractivity contribution in [2.75, 3.05) is 24.9 Å². The number of rotatable bonds is 3. The van der Waals surface area contributed by atoms with Crippen LogP contribution in [0.4, 0.5) is 0 Å². The summed E-state index contributed by atoms with van der Waals surface area (Å²) in [4.78, 5) is 0. The van der Waals surface area contributed by atoms with E-state index in [1.807, 2.05) is 0 Å². The Balaban J connectivity index is 2.33. The molecule has 0 saturated carbocycles. The molecule has 0 amide bonds. The van der Waals surface area contributed by atoms with Crippen molar-refractivity contribution in [3.05, 3.63) is 0 Å². The number of hydrogen-bond acceptors (Lipinski definition) is 5. The molecule has 1 heterocycles. The van der Waals surface area contributed by atoms with Gasteiger partial charge in [0.05, 0.1) is 25.3 Å². The summed E-state index contributed by atoms with van der Waals surface area (Å²) in [6.45, 7) is 0.0631. The van der Waals surface area contributed by atoms with Crippen molar-refractivity contribution < 1.29 is 20.1 Å². The zero-order valence-electron chi connectivity index (χ0n) is 6.72. The Morgan fingerprint density at radius 3 is 2.75 bits per heavy atom. The van der Waals surface area contributed by atoms with Gasteiger partial charge in [0.1, 0.15) is 6.10 Å². The van der Waals surface area contributed by atoms with Crippen molar-refractivity contribution in [2.24, 2.45) is 5.92 Å². The minimum atomic E-state index is -1.04. The maximum Gasteiger partial charge on any atom is 0.103 e. The van der Waals surface area contributed by atoms with Gasteiger partial charge in [-0.3, -0.25) is 0 Å². The van der Waals surface area contributed by atoms with Crippen LogP contribution in [0, 0.1) is 5.92 Å². The van der Waals surface area contributed by atoms with Crippen LogP contribution in [-0.4, -0.2) is 52.4 Å². The zero-order chi connectivity index (χ0) is 8.97. The molecule has 0 aliphatic carbocycles. The molecule has 0 aromatic rings. The molecule has 3 atom stereocenters. The van der Waals surface area contributed by atoms with Crippen molar-refractivity contribution in [3.8, 4) is 0 Å². The highest BCUT2D eigenvalue weighted by molar-refractivity contribution is 7.99. The van der Waals surface area contributed by atoms with E-state index in [2.05, 4.69) is 0 Å². The van der Waals surface area contributed by atoms with Crippen molar-refractivity contribution in [1.82, 2.24) is 0 Å². The van der Waals surface area contributed by atoms with E-state index < -0.39 is 18.8 Å². The molecular formula is C7H14O4S. The minimum absolute atomic E-state index is 0.0640. The van der Waals surface area contributed by atoms with Gasteiger partial charge in [-0.25, -0.2) is 0 Å². The fourth-order valence-electron chi connectivity index (χ4n) is 1.13. The lowest BCUT2D eigenvalue weighted by atomic mass is 10.0. The zero-order valence-corrected chi connectivity index (χ0v) is 7.54. The SMILES string of the molecule is OCC(O)C(O)C1COCSC1. The molecule has 0 spiro atoms. The Labute approximate surface area is 75.5 Å². The average molecular weight is 194 g/mol. The molecule has 1 saturated heterocycles. The summed E-state index contributed by atoms with van der Waals surface area (Å²) in [5, 5.41) is 27.1. The van der Waals surface area contributed by atoms with E-state index in [9.17, 15) is 5.11 Å². The molecule has 1 aliphatic rings. The van der Waals surface area contributed by atoms with E-state index in [1.54, 1.807) is 11.8 Å². The summed E-state index contributed by atoms with van der Waals surface area (Å²) < 4.78 is 5.11. The lowest BCUT2D eigenvalue weighted by Gasteiger charge is -2.28. The second-order valence-corrected chi connectivity index (χ2v) is 3.84. The minimum Gasteiger partial charge on any atom is -0.394 e. The van der Waals surface area contributed by atoms with Gasteiger partial charge < -0.3 is 20.1 Å². The first-order valence-electron chi connectivity index (χ1n) is 3.88. The fourth-order valence-corrected chi connectivity index (χ4v) is 2.03. The van der Waals surface area contributed by atoms with E-state index >= 15 is 0 Å². The van der Waals surface area contributed by atoms with Crippen molar-refractivity contribution in [1.29, 1.82) is 0 Å². The monoisotopic (exact) mass is 194 g/mol. The predicted molar refractivity (Wildman–Crippen MR) is 45.9 cm³/mol. The largest absolute Gasteiger partial charge is 0.394 e. The van der Waals surface area contributed by atoms with E-state index in [1.165, 1.54) is 0 Å². The first kappa shape index (κ1) is 10.3. The molecule has 3 unspecified atom stereocenters. The first-order chi connectivity index (χ1) is 5.75. The van der Waals surface area contributed by atoms with Crippen LogP contribution in [-0.2, 0) is 4.74 Å². The van der Waals surface area contributed by atoms with Gasteiger partial charge in [0.15, 0.2) is 0 Å². The van der Waals surface area contributed by atoms with Gasteiger partial charge in [0.2, 0.25) is 0 Å². The molecule has 12 heavy (non-hydrogen) atoms. The van der Waals surface area contributed by atoms with Gasteiger partial charge in [-0.05, 0) is 0 Å². The summed E-state index contributed by atoms with van der Waals surface area (Å²) in [5.41, 5.74) is 0. The summed E-state index contributed by atoms with van der Waals surface area (Å²) in [6, 6.07) is 0. The molecule has 1 rings (SSSR count). The summed E-state index contributed by atoms with van der Waals surface area (Å²) in [7, 11) is 0. The third-order valence-electron chi connectivity index (χ3n) is 1.89. The van der Waals surface area contributed by atoms with Gasteiger partial charge in [-0.15, -0.1) is 11.8 Å². The van der Waals surface area contributed by atoms with Crippen molar-refractivity contribution in [3.63, 3.8) is 0 Å². The average Bonchev–Trinajstić information content (AvgIpc) is 2.17. The Morgan fingerprint density at radius 2 is 2.25 bits per heavy atom. The molecule has 1 fully saturated rings. The number of aliphatic hydroxyl groups is 3. The van der Waals surface area contributed by atoms with Gasteiger partial charge in [0.25, 0.3) is 0 Å². The van der Waals surface area contributed by atoms with Crippen LogP contribution in [0.25, 0.3) is 0 Å². The van der Waals surface area contributed by atoms with Crippen LogP contribution in [0.5, 0.6) is 0 Å². The van der Waals surface area contributed by atoms with E-state index in [0.717, 1.165) is 5.75 Å². The Kier molecular flexibility index (Phi) is 4.31. The highest BCUT2D eigenvalue weighted by Crippen LogP contribution is 2.20. The van der Waals surface area contributed by atoms with E-state index in [4.69, 9.17) is 14.9 Å². The van der Waals surface area contributed by atoms with Crippen LogP contribution < -0.4 is 0 Å².